The molecule has 1 aromatic carbocycles. The predicted octanol–water partition coefficient (Wildman–Crippen LogP) is 3.77. The fourth-order valence-corrected chi connectivity index (χ4v) is 5.12. The number of piperidine rings is 1. The maximum Gasteiger partial charge on any atom is 0.223 e. The van der Waals surface area contributed by atoms with Crippen LogP contribution in [0.25, 0.3) is 11.0 Å². The monoisotopic (exact) mass is 562 g/mol. The molecule has 35 heavy (non-hydrogen) atoms. The van der Waals surface area contributed by atoms with E-state index >= 15 is 0 Å². The largest absolute Gasteiger partial charge is 0.437 e. The number of halogens is 2. The molecule has 0 unspecified atom stereocenters. The van der Waals surface area contributed by atoms with Crippen LogP contribution in [-0.4, -0.2) is 62.1 Å². The molecular formula is C24H28BrClN6O3. The van der Waals surface area contributed by atoms with E-state index in [0.29, 0.717) is 35.7 Å². The molecule has 1 aliphatic carbocycles. The summed E-state index contributed by atoms with van der Waals surface area (Å²) in [6.45, 7) is 3.33. The second-order valence-electron chi connectivity index (χ2n) is 9.25. The molecule has 2 aromatic heterocycles. The highest BCUT2D eigenvalue weighted by Crippen LogP contribution is 2.37. The zero-order valence-corrected chi connectivity index (χ0v) is 21.6. The first-order valence-corrected chi connectivity index (χ1v) is 13.1. The molecule has 5 rings (SSSR count). The van der Waals surface area contributed by atoms with Gasteiger partial charge in [0.15, 0.2) is 0 Å². The number of aliphatic hydroxyl groups is 1. The Kier molecular flexibility index (Phi) is 7.52. The van der Waals surface area contributed by atoms with Crippen LogP contribution >= 0.6 is 27.5 Å². The van der Waals surface area contributed by atoms with E-state index in [4.69, 9.17) is 21.4 Å². The highest BCUT2D eigenvalue weighted by molar-refractivity contribution is 9.10. The number of likely N-dealkylation sites (tertiary alicyclic amines) is 1. The van der Waals surface area contributed by atoms with Gasteiger partial charge in [0.25, 0.3) is 0 Å². The van der Waals surface area contributed by atoms with Crippen molar-refractivity contribution in [2.75, 3.05) is 26.2 Å². The van der Waals surface area contributed by atoms with Gasteiger partial charge in [0.05, 0.1) is 21.6 Å². The van der Waals surface area contributed by atoms with E-state index < -0.39 is 0 Å². The number of carbonyl (C=O) groups excluding carboxylic acids is 1. The lowest BCUT2D eigenvalue weighted by Crippen LogP contribution is -2.40. The molecule has 0 radical (unpaired) electrons. The first-order valence-electron chi connectivity index (χ1n) is 12.0. The highest BCUT2D eigenvalue weighted by Gasteiger charge is 2.26. The number of aromatic nitrogens is 4. The second kappa shape index (κ2) is 10.8. The zero-order chi connectivity index (χ0) is 24.4. The summed E-state index contributed by atoms with van der Waals surface area (Å²) in [4.78, 5) is 18.9. The minimum Gasteiger partial charge on any atom is -0.437 e. The SMILES string of the molecule is O=C(NCCO)C1CCN(Cc2cc(Cl)cnc2Oc2ccc3c(nnn3CC3CC3)c2Br)CC1. The van der Waals surface area contributed by atoms with Gasteiger partial charge in [-0.25, -0.2) is 9.67 Å². The number of amides is 1. The molecule has 9 nitrogen and oxygen atoms in total. The number of pyridine rings is 1. The number of benzene rings is 1. The van der Waals surface area contributed by atoms with Gasteiger partial charge < -0.3 is 15.2 Å². The van der Waals surface area contributed by atoms with Crippen molar-refractivity contribution in [1.82, 2.24) is 30.2 Å². The standard InChI is InChI=1S/C24H28BrClN6O3/c25-21-20(4-3-19-22(21)29-30-32(19)13-15-1-2-15)35-24-17(11-18(26)12-28-24)14-31-8-5-16(6-9-31)23(34)27-7-10-33/h3-4,11-12,15-16,33H,1-2,5-10,13-14H2,(H,27,34). The van der Waals surface area contributed by atoms with E-state index in [-0.39, 0.29) is 18.4 Å². The summed E-state index contributed by atoms with van der Waals surface area (Å²) in [7, 11) is 0. The van der Waals surface area contributed by atoms with E-state index in [2.05, 4.69) is 41.4 Å². The number of nitrogens with one attached hydrogen (secondary N) is 1. The molecule has 1 amide bonds. The minimum atomic E-state index is -0.0446. The highest BCUT2D eigenvalue weighted by atomic mass is 79.9. The quantitative estimate of drug-likeness (QED) is 0.408. The van der Waals surface area contributed by atoms with Crippen molar-refractivity contribution in [3.63, 3.8) is 0 Å². The van der Waals surface area contributed by atoms with Crippen LogP contribution in [0.2, 0.25) is 5.02 Å². The lowest BCUT2D eigenvalue weighted by Gasteiger charge is -2.31. The van der Waals surface area contributed by atoms with Crippen LogP contribution < -0.4 is 10.1 Å². The first kappa shape index (κ1) is 24.4. The van der Waals surface area contributed by atoms with Gasteiger partial charge in [-0.2, -0.15) is 0 Å². The van der Waals surface area contributed by atoms with Gasteiger partial charge in [-0.1, -0.05) is 16.8 Å². The van der Waals surface area contributed by atoms with Gasteiger partial charge in [-0.3, -0.25) is 9.69 Å². The van der Waals surface area contributed by atoms with E-state index in [1.54, 1.807) is 6.20 Å². The van der Waals surface area contributed by atoms with Crippen LogP contribution in [0.4, 0.5) is 0 Å². The lowest BCUT2D eigenvalue weighted by molar-refractivity contribution is -0.126. The normalized spacial score (nSPS) is 17.1. The van der Waals surface area contributed by atoms with Crippen molar-refractivity contribution < 1.29 is 14.6 Å². The van der Waals surface area contributed by atoms with Crippen LogP contribution in [0.3, 0.4) is 0 Å². The van der Waals surface area contributed by atoms with Crippen molar-refractivity contribution in [1.29, 1.82) is 0 Å². The van der Waals surface area contributed by atoms with E-state index in [9.17, 15) is 4.79 Å². The topological polar surface area (TPSA) is 105 Å². The number of fused-ring (bicyclic) bond motifs is 1. The maximum absolute atomic E-state index is 12.2. The van der Waals surface area contributed by atoms with Gasteiger partial charge in [0.2, 0.25) is 11.8 Å². The van der Waals surface area contributed by atoms with Crippen LogP contribution in [-0.2, 0) is 17.9 Å². The molecule has 11 heteroatoms. The molecule has 0 atom stereocenters. The molecule has 2 aliphatic rings. The van der Waals surface area contributed by atoms with Crippen molar-refractivity contribution in [3.8, 4) is 11.6 Å². The number of rotatable bonds is 9. The average Bonchev–Trinajstić information content (AvgIpc) is 3.59. The first-order chi connectivity index (χ1) is 17.0. The molecule has 1 saturated carbocycles. The summed E-state index contributed by atoms with van der Waals surface area (Å²) >= 11 is 9.92. The Labute approximate surface area is 216 Å². The molecular weight excluding hydrogens is 536 g/mol. The van der Waals surface area contributed by atoms with Crippen molar-refractivity contribution >= 4 is 44.5 Å². The van der Waals surface area contributed by atoms with Gasteiger partial charge in [-0.05, 0) is 78.8 Å². The average molecular weight is 564 g/mol. The summed E-state index contributed by atoms with van der Waals surface area (Å²) < 4.78 is 8.95. The Balaban J connectivity index is 1.28. The Bertz CT molecular complexity index is 1210. The van der Waals surface area contributed by atoms with E-state index in [1.165, 1.54) is 12.8 Å². The van der Waals surface area contributed by atoms with Crippen LogP contribution in [0.15, 0.2) is 28.9 Å². The van der Waals surface area contributed by atoms with Crippen molar-refractivity contribution in [2.45, 2.75) is 38.8 Å². The van der Waals surface area contributed by atoms with Crippen molar-refractivity contribution in [2.24, 2.45) is 11.8 Å². The van der Waals surface area contributed by atoms with Gasteiger partial charge in [0, 0.05) is 37.3 Å². The van der Waals surface area contributed by atoms with Gasteiger partial charge >= 0.3 is 0 Å². The molecule has 186 valence electrons. The summed E-state index contributed by atoms with van der Waals surface area (Å²) in [6.07, 6.45) is 5.61. The maximum atomic E-state index is 12.2. The third-order valence-electron chi connectivity index (χ3n) is 6.58. The smallest absolute Gasteiger partial charge is 0.223 e. The Morgan fingerprint density at radius 1 is 1.26 bits per heavy atom. The fraction of sp³-hybridized carbons (Fsp3) is 0.500. The Hall–Kier alpha value is -2.27. The van der Waals surface area contributed by atoms with Gasteiger partial charge in [-0.15, -0.1) is 5.10 Å². The molecule has 2 fully saturated rings. The number of aliphatic hydroxyl groups excluding tert-OH is 1. The van der Waals surface area contributed by atoms with Crippen LogP contribution in [0.1, 0.15) is 31.2 Å². The van der Waals surface area contributed by atoms with E-state index in [0.717, 1.165) is 53.5 Å². The summed E-state index contributed by atoms with van der Waals surface area (Å²) in [5.74, 6) is 1.80. The molecule has 3 heterocycles. The second-order valence-corrected chi connectivity index (χ2v) is 10.5. The van der Waals surface area contributed by atoms with Crippen LogP contribution in [0, 0.1) is 11.8 Å². The summed E-state index contributed by atoms with van der Waals surface area (Å²) in [6, 6.07) is 5.78. The lowest BCUT2D eigenvalue weighted by atomic mass is 9.95. The number of hydrogen-bond acceptors (Lipinski definition) is 7. The number of nitrogens with zero attached hydrogens (tertiary/aromatic N) is 5. The molecule has 2 N–H and O–H groups in total. The molecule has 3 aromatic rings. The molecule has 0 spiro atoms. The number of ether oxygens (including phenoxy) is 1. The number of carbonyl (C=O) groups is 1. The van der Waals surface area contributed by atoms with Crippen molar-refractivity contribution in [3.05, 3.63) is 39.5 Å². The summed E-state index contributed by atoms with van der Waals surface area (Å²) in [5.41, 5.74) is 2.62. The number of hydrogen-bond donors (Lipinski definition) is 2. The molecule has 1 saturated heterocycles. The minimum absolute atomic E-state index is 0.0152. The fourth-order valence-electron chi connectivity index (χ4n) is 4.44. The zero-order valence-electron chi connectivity index (χ0n) is 19.3. The summed E-state index contributed by atoms with van der Waals surface area (Å²) in [5, 5.41) is 20.9. The van der Waals surface area contributed by atoms with E-state index in [1.807, 2.05) is 22.9 Å². The Morgan fingerprint density at radius 2 is 2.06 bits per heavy atom. The predicted molar refractivity (Wildman–Crippen MR) is 135 cm³/mol. The van der Waals surface area contributed by atoms with Gasteiger partial charge in [0.1, 0.15) is 11.3 Å². The van der Waals surface area contributed by atoms with Crippen LogP contribution in [0.5, 0.6) is 11.6 Å². The third kappa shape index (κ3) is 5.77. The third-order valence-corrected chi connectivity index (χ3v) is 7.55. The Morgan fingerprint density at radius 3 is 2.80 bits per heavy atom. The molecule has 1 aliphatic heterocycles. The molecule has 0 bridgehead atoms.